The Hall–Kier alpha value is -1.62. The predicted octanol–water partition coefficient (Wildman–Crippen LogP) is 0.557. The topological polar surface area (TPSA) is 68.7 Å². The van der Waals surface area contributed by atoms with E-state index in [0.29, 0.717) is 19.1 Å². The molecule has 0 radical (unpaired) electrons. The molecule has 5 heteroatoms. The molecular formula is C9H9NO4. The van der Waals surface area contributed by atoms with Crippen LogP contribution in [0.25, 0.3) is 0 Å². The van der Waals surface area contributed by atoms with Crippen molar-refractivity contribution in [3.05, 3.63) is 23.9 Å². The van der Waals surface area contributed by atoms with E-state index in [-0.39, 0.29) is 11.7 Å². The summed E-state index contributed by atoms with van der Waals surface area (Å²) in [5.74, 6) is -0.652. The predicted molar refractivity (Wildman–Crippen MR) is 46.4 cm³/mol. The van der Waals surface area contributed by atoms with Gasteiger partial charge in [-0.1, -0.05) is 0 Å². The second-order valence-corrected chi connectivity index (χ2v) is 2.97. The van der Waals surface area contributed by atoms with Crippen LogP contribution in [0.2, 0.25) is 0 Å². The first-order chi connectivity index (χ1) is 6.75. The molecule has 1 fully saturated rings. The van der Waals surface area contributed by atoms with Crippen LogP contribution in [-0.4, -0.2) is 35.4 Å². The summed E-state index contributed by atoms with van der Waals surface area (Å²) in [5.41, 5.74) is 0.176. The number of carboxylic acid groups (broad SMARTS) is 1. The summed E-state index contributed by atoms with van der Waals surface area (Å²) in [6.45, 7) is 1.08. The maximum absolute atomic E-state index is 10.6. The third kappa shape index (κ3) is 1.82. The van der Waals surface area contributed by atoms with Crippen molar-refractivity contribution in [2.75, 3.05) is 13.2 Å². The molecule has 0 unspecified atom stereocenters. The van der Waals surface area contributed by atoms with Gasteiger partial charge in [0.15, 0.2) is 0 Å². The summed E-state index contributed by atoms with van der Waals surface area (Å²) in [5, 5.41) is 8.71. The summed E-state index contributed by atoms with van der Waals surface area (Å²) in [6, 6.07) is 2.83. The molecule has 5 nitrogen and oxygen atoms in total. The molecule has 2 heterocycles. The molecule has 1 aliphatic heterocycles. The van der Waals surface area contributed by atoms with Crippen molar-refractivity contribution in [2.45, 2.75) is 6.10 Å². The third-order valence-electron chi connectivity index (χ3n) is 1.88. The van der Waals surface area contributed by atoms with Crippen molar-refractivity contribution in [3.8, 4) is 5.88 Å². The van der Waals surface area contributed by atoms with Gasteiger partial charge in [-0.3, -0.25) is 0 Å². The minimum atomic E-state index is -0.984. The largest absolute Gasteiger partial charge is 0.478 e. The van der Waals surface area contributed by atoms with Gasteiger partial charge < -0.3 is 14.6 Å². The number of aromatic carboxylic acids is 1. The highest BCUT2D eigenvalue weighted by molar-refractivity contribution is 5.87. The van der Waals surface area contributed by atoms with Crippen molar-refractivity contribution in [3.63, 3.8) is 0 Å². The third-order valence-corrected chi connectivity index (χ3v) is 1.88. The van der Waals surface area contributed by atoms with Crippen LogP contribution >= 0.6 is 0 Å². The van der Waals surface area contributed by atoms with Crippen LogP contribution in [0.15, 0.2) is 18.3 Å². The number of hydrogen-bond donors (Lipinski definition) is 1. The van der Waals surface area contributed by atoms with Crippen LogP contribution in [-0.2, 0) is 4.74 Å². The average Bonchev–Trinajstić information content (AvgIpc) is 2.12. The number of hydrogen-bond acceptors (Lipinski definition) is 4. The van der Waals surface area contributed by atoms with Crippen molar-refractivity contribution < 1.29 is 19.4 Å². The van der Waals surface area contributed by atoms with E-state index in [2.05, 4.69) is 4.98 Å². The average molecular weight is 195 g/mol. The Morgan fingerprint density at radius 2 is 2.43 bits per heavy atom. The monoisotopic (exact) mass is 195 g/mol. The molecule has 0 amide bonds. The lowest BCUT2D eigenvalue weighted by molar-refractivity contribution is -0.0813. The molecule has 0 saturated carbocycles. The quantitative estimate of drug-likeness (QED) is 0.763. The van der Waals surface area contributed by atoms with Crippen molar-refractivity contribution in [1.29, 1.82) is 0 Å². The molecule has 0 atom stereocenters. The van der Waals surface area contributed by atoms with E-state index in [1.807, 2.05) is 0 Å². The Balaban J connectivity index is 2.09. The second-order valence-electron chi connectivity index (χ2n) is 2.97. The molecule has 0 aromatic carbocycles. The maximum Gasteiger partial charge on any atom is 0.335 e. The van der Waals surface area contributed by atoms with Crippen LogP contribution in [0.3, 0.4) is 0 Å². The summed E-state index contributed by atoms with van der Waals surface area (Å²) < 4.78 is 10.3. The van der Waals surface area contributed by atoms with E-state index in [1.165, 1.54) is 18.3 Å². The molecule has 1 aromatic heterocycles. The standard InChI is InChI=1S/C9H9NO4/c11-9(12)6-1-2-10-8(3-6)14-7-4-13-5-7/h1-3,7H,4-5H2,(H,11,12). The highest BCUT2D eigenvalue weighted by Crippen LogP contribution is 2.14. The fourth-order valence-electron chi connectivity index (χ4n) is 1.06. The van der Waals surface area contributed by atoms with Crippen molar-refractivity contribution >= 4 is 5.97 Å². The van der Waals surface area contributed by atoms with Crippen molar-refractivity contribution in [1.82, 2.24) is 4.98 Å². The number of ether oxygens (including phenoxy) is 2. The highest BCUT2D eigenvalue weighted by atomic mass is 16.6. The van der Waals surface area contributed by atoms with E-state index >= 15 is 0 Å². The van der Waals surface area contributed by atoms with Crippen LogP contribution < -0.4 is 4.74 Å². The van der Waals surface area contributed by atoms with Crippen LogP contribution in [0.5, 0.6) is 5.88 Å². The van der Waals surface area contributed by atoms with E-state index < -0.39 is 5.97 Å². The minimum Gasteiger partial charge on any atom is -0.478 e. The maximum atomic E-state index is 10.6. The van der Waals surface area contributed by atoms with Crippen LogP contribution in [0, 0.1) is 0 Å². The lowest BCUT2D eigenvalue weighted by Gasteiger charge is -2.26. The first kappa shape index (κ1) is 8.96. The molecule has 1 N–H and O–H groups in total. The Bertz CT molecular complexity index is 348. The van der Waals surface area contributed by atoms with E-state index in [4.69, 9.17) is 14.6 Å². The fourth-order valence-corrected chi connectivity index (χ4v) is 1.06. The summed E-state index contributed by atoms with van der Waals surface area (Å²) >= 11 is 0. The SMILES string of the molecule is O=C(O)c1ccnc(OC2COC2)c1. The number of rotatable bonds is 3. The molecule has 0 spiro atoms. The fraction of sp³-hybridized carbons (Fsp3) is 0.333. The lowest BCUT2D eigenvalue weighted by Crippen LogP contribution is -2.38. The van der Waals surface area contributed by atoms with Gasteiger partial charge in [-0.05, 0) is 6.07 Å². The molecular weight excluding hydrogens is 186 g/mol. The zero-order valence-electron chi connectivity index (χ0n) is 7.34. The van der Waals surface area contributed by atoms with E-state index in [1.54, 1.807) is 0 Å². The van der Waals surface area contributed by atoms with Gasteiger partial charge >= 0.3 is 5.97 Å². The summed E-state index contributed by atoms with van der Waals surface area (Å²) in [6.07, 6.45) is 1.42. The van der Waals surface area contributed by atoms with Gasteiger partial charge in [0.25, 0.3) is 0 Å². The van der Waals surface area contributed by atoms with Gasteiger partial charge in [0.2, 0.25) is 5.88 Å². The Morgan fingerprint density at radius 1 is 1.64 bits per heavy atom. The second kappa shape index (κ2) is 3.63. The van der Waals surface area contributed by atoms with E-state index in [0.717, 1.165) is 0 Å². The molecule has 14 heavy (non-hydrogen) atoms. The Kier molecular flexibility index (Phi) is 2.32. The van der Waals surface area contributed by atoms with Crippen LogP contribution in [0.4, 0.5) is 0 Å². The van der Waals surface area contributed by atoms with Gasteiger partial charge in [-0.2, -0.15) is 0 Å². The van der Waals surface area contributed by atoms with Crippen LogP contribution in [0.1, 0.15) is 10.4 Å². The van der Waals surface area contributed by atoms with Gasteiger partial charge in [0.05, 0.1) is 18.8 Å². The highest BCUT2D eigenvalue weighted by Gasteiger charge is 2.20. The molecule has 1 aromatic rings. The zero-order chi connectivity index (χ0) is 9.97. The number of aromatic nitrogens is 1. The van der Waals surface area contributed by atoms with Crippen molar-refractivity contribution in [2.24, 2.45) is 0 Å². The zero-order valence-corrected chi connectivity index (χ0v) is 7.34. The number of nitrogens with zero attached hydrogens (tertiary/aromatic N) is 1. The van der Waals surface area contributed by atoms with Gasteiger partial charge in [0.1, 0.15) is 6.10 Å². The summed E-state index contributed by atoms with van der Waals surface area (Å²) in [7, 11) is 0. The number of pyridine rings is 1. The van der Waals surface area contributed by atoms with Gasteiger partial charge in [-0.25, -0.2) is 9.78 Å². The summed E-state index contributed by atoms with van der Waals surface area (Å²) in [4.78, 5) is 14.5. The molecule has 1 saturated heterocycles. The lowest BCUT2D eigenvalue weighted by atomic mass is 10.2. The number of carboxylic acids is 1. The van der Waals surface area contributed by atoms with Gasteiger partial charge in [0, 0.05) is 12.3 Å². The first-order valence-electron chi connectivity index (χ1n) is 4.19. The van der Waals surface area contributed by atoms with Gasteiger partial charge in [-0.15, -0.1) is 0 Å². The molecule has 1 aliphatic rings. The number of carbonyl (C=O) groups is 1. The smallest absolute Gasteiger partial charge is 0.335 e. The molecule has 74 valence electrons. The molecule has 0 aliphatic carbocycles. The molecule has 0 bridgehead atoms. The first-order valence-corrected chi connectivity index (χ1v) is 4.19. The van der Waals surface area contributed by atoms with E-state index in [9.17, 15) is 4.79 Å². The minimum absolute atomic E-state index is 0.00606. The Labute approximate surface area is 80.3 Å². The Morgan fingerprint density at radius 3 is 3.00 bits per heavy atom. The molecule has 2 rings (SSSR count). The normalized spacial score (nSPS) is 16.0.